The van der Waals surface area contributed by atoms with Gasteiger partial charge in [0.25, 0.3) is 0 Å². The van der Waals surface area contributed by atoms with Crippen LogP contribution in [0.15, 0.2) is 24.8 Å². The van der Waals surface area contributed by atoms with Gasteiger partial charge in [0.1, 0.15) is 0 Å². The molecular weight excluding hydrogens is 258 g/mol. The lowest BCUT2D eigenvalue weighted by atomic mass is 10.1. The lowest BCUT2D eigenvalue weighted by molar-refractivity contribution is -0.121. The zero-order chi connectivity index (χ0) is 15.6. The van der Waals surface area contributed by atoms with Crippen LogP contribution in [0.1, 0.15) is 84.0 Å². The SMILES string of the molecule is C=CCNC(=O)CCCCCCC/C=C\CCCCCC. The minimum Gasteiger partial charge on any atom is -0.353 e. The number of rotatable bonds is 15. The third kappa shape index (κ3) is 16.9. The van der Waals surface area contributed by atoms with E-state index in [9.17, 15) is 4.79 Å². The monoisotopic (exact) mass is 293 g/mol. The molecular formula is C19H35NO. The molecule has 2 heteroatoms. The van der Waals surface area contributed by atoms with Gasteiger partial charge in [0.05, 0.1) is 0 Å². The van der Waals surface area contributed by atoms with Crippen molar-refractivity contribution in [3.8, 4) is 0 Å². The van der Waals surface area contributed by atoms with E-state index in [-0.39, 0.29) is 5.91 Å². The smallest absolute Gasteiger partial charge is 0.220 e. The minimum absolute atomic E-state index is 0.154. The number of carbonyl (C=O) groups is 1. The van der Waals surface area contributed by atoms with Gasteiger partial charge in [-0.1, -0.05) is 63.7 Å². The Morgan fingerprint density at radius 3 is 2.10 bits per heavy atom. The number of carbonyl (C=O) groups excluding carboxylic acids is 1. The van der Waals surface area contributed by atoms with Gasteiger partial charge < -0.3 is 5.32 Å². The van der Waals surface area contributed by atoms with Crippen LogP contribution in [0.2, 0.25) is 0 Å². The molecule has 122 valence electrons. The van der Waals surface area contributed by atoms with E-state index >= 15 is 0 Å². The second-order valence-corrected chi connectivity index (χ2v) is 5.72. The van der Waals surface area contributed by atoms with Gasteiger partial charge >= 0.3 is 0 Å². The van der Waals surface area contributed by atoms with Crippen LogP contribution in [0.3, 0.4) is 0 Å². The Morgan fingerprint density at radius 2 is 1.48 bits per heavy atom. The molecule has 0 radical (unpaired) electrons. The second-order valence-electron chi connectivity index (χ2n) is 5.72. The van der Waals surface area contributed by atoms with Crippen molar-refractivity contribution in [2.75, 3.05) is 6.54 Å². The molecule has 0 atom stereocenters. The molecule has 0 bridgehead atoms. The average molecular weight is 293 g/mol. The fraction of sp³-hybridized carbons (Fsp3) is 0.737. The van der Waals surface area contributed by atoms with E-state index in [0.717, 1.165) is 6.42 Å². The number of allylic oxidation sites excluding steroid dienone is 2. The molecule has 2 nitrogen and oxygen atoms in total. The van der Waals surface area contributed by atoms with Crippen LogP contribution in [-0.2, 0) is 4.79 Å². The van der Waals surface area contributed by atoms with E-state index in [0.29, 0.717) is 13.0 Å². The minimum atomic E-state index is 0.154. The standard InChI is InChI=1S/C19H35NO/c1-3-5-6-7-8-9-10-11-12-13-14-15-16-17-19(21)20-18-4-2/h4,9-10H,2-3,5-8,11-18H2,1H3,(H,20,21)/b10-9-. The second kappa shape index (κ2) is 17.0. The average Bonchev–Trinajstić information content (AvgIpc) is 2.49. The summed E-state index contributed by atoms with van der Waals surface area (Å²) in [6.07, 6.45) is 20.9. The zero-order valence-corrected chi connectivity index (χ0v) is 14.0. The molecule has 0 saturated carbocycles. The van der Waals surface area contributed by atoms with Crippen molar-refractivity contribution in [3.63, 3.8) is 0 Å². The summed E-state index contributed by atoms with van der Waals surface area (Å²) in [6, 6.07) is 0. The topological polar surface area (TPSA) is 29.1 Å². The molecule has 0 unspecified atom stereocenters. The van der Waals surface area contributed by atoms with Crippen LogP contribution in [0.5, 0.6) is 0 Å². The van der Waals surface area contributed by atoms with Gasteiger partial charge in [-0.15, -0.1) is 6.58 Å². The molecule has 0 aromatic heterocycles. The first-order chi connectivity index (χ1) is 10.3. The molecule has 0 spiro atoms. The molecule has 0 aliphatic carbocycles. The van der Waals surface area contributed by atoms with Crippen molar-refractivity contribution in [1.29, 1.82) is 0 Å². The van der Waals surface area contributed by atoms with Crippen molar-refractivity contribution in [2.45, 2.75) is 84.0 Å². The maximum atomic E-state index is 11.3. The summed E-state index contributed by atoms with van der Waals surface area (Å²) in [6.45, 7) is 6.42. The Balaban J connectivity index is 3.16. The summed E-state index contributed by atoms with van der Waals surface area (Å²) in [4.78, 5) is 11.3. The van der Waals surface area contributed by atoms with Gasteiger partial charge in [-0.05, 0) is 32.1 Å². The fourth-order valence-electron chi connectivity index (χ4n) is 2.28. The van der Waals surface area contributed by atoms with E-state index in [4.69, 9.17) is 0 Å². The van der Waals surface area contributed by atoms with Gasteiger partial charge in [0.2, 0.25) is 5.91 Å². The molecule has 1 N–H and O–H groups in total. The molecule has 0 rings (SSSR count). The van der Waals surface area contributed by atoms with Gasteiger partial charge in [-0.2, -0.15) is 0 Å². The van der Waals surface area contributed by atoms with E-state index in [2.05, 4.69) is 31.0 Å². The third-order valence-corrected chi connectivity index (χ3v) is 3.61. The molecule has 0 aliphatic heterocycles. The number of hydrogen-bond donors (Lipinski definition) is 1. The van der Waals surface area contributed by atoms with Gasteiger partial charge in [-0.25, -0.2) is 0 Å². The third-order valence-electron chi connectivity index (χ3n) is 3.61. The predicted octanol–water partition coefficient (Wildman–Crippen LogP) is 5.55. The van der Waals surface area contributed by atoms with E-state index in [1.54, 1.807) is 6.08 Å². The predicted molar refractivity (Wildman–Crippen MR) is 93.4 cm³/mol. The molecule has 0 saturated heterocycles. The molecule has 0 aromatic carbocycles. The Kier molecular flexibility index (Phi) is 16.2. The van der Waals surface area contributed by atoms with Crippen LogP contribution in [0.25, 0.3) is 0 Å². The van der Waals surface area contributed by atoms with Gasteiger partial charge in [0, 0.05) is 13.0 Å². The van der Waals surface area contributed by atoms with Crippen molar-refractivity contribution in [3.05, 3.63) is 24.8 Å². The van der Waals surface area contributed by atoms with E-state index < -0.39 is 0 Å². The van der Waals surface area contributed by atoms with Crippen molar-refractivity contribution < 1.29 is 4.79 Å². The summed E-state index contributed by atoms with van der Waals surface area (Å²) in [7, 11) is 0. The van der Waals surface area contributed by atoms with Crippen molar-refractivity contribution >= 4 is 5.91 Å². The van der Waals surface area contributed by atoms with Crippen LogP contribution in [0, 0.1) is 0 Å². The van der Waals surface area contributed by atoms with Crippen molar-refractivity contribution in [1.82, 2.24) is 5.32 Å². The van der Waals surface area contributed by atoms with E-state index in [1.165, 1.54) is 64.2 Å². The Labute approximate surface area is 132 Å². The van der Waals surface area contributed by atoms with Crippen LogP contribution < -0.4 is 5.32 Å². The largest absolute Gasteiger partial charge is 0.353 e. The Bertz CT molecular complexity index is 271. The van der Waals surface area contributed by atoms with Crippen LogP contribution >= 0.6 is 0 Å². The lowest BCUT2D eigenvalue weighted by Crippen LogP contribution is -2.22. The molecule has 0 aromatic rings. The molecule has 0 heterocycles. The highest BCUT2D eigenvalue weighted by Crippen LogP contribution is 2.08. The highest BCUT2D eigenvalue weighted by molar-refractivity contribution is 5.75. The number of unbranched alkanes of at least 4 members (excludes halogenated alkanes) is 9. The highest BCUT2D eigenvalue weighted by Gasteiger charge is 1.98. The summed E-state index contributed by atoms with van der Waals surface area (Å²) in [5.41, 5.74) is 0. The van der Waals surface area contributed by atoms with Gasteiger partial charge in [0.15, 0.2) is 0 Å². The Hall–Kier alpha value is -1.05. The maximum Gasteiger partial charge on any atom is 0.220 e. The quantitative estimate of drug-likeness (QED) is 0.311. The maximum absolute atomic E-state index is 11.3. The zero-order valence-electron chi connectivity index (χ0n) is 14.0. The van der Waals surface area contributed by atoms with Gasteiger partial charge in [-0.3, -0.25) is 4.79 Å². The highest BCUT2D eigenvalue weighted by atomic mass is 16.1. The molecule has 21 heavy (non-hydrogen) atoms. The summed E-state index contributed by atoms with van der Waals surface area (Å²) in [5, 5.41) is 2.81. The summed E-state index contributed by atoms with van der Waals surface area (Å²) in [5.74, 6) is 0.154. The number of amides is 1. The summed E-state index contributed by atoms with van der Waals surface area (Å²) >= 11 is 0. The van der Waals surface area contributed by atoms with Crippen LogP contribution in [-0.4, -0.2) is 12.5 Å². The first-order valence-corrected chi connectivity index (χ1v) is 8.83. The van der Waals surface area contributed by atoms with Crippen LogP contribution in [0.4, 0.5) is 0 Å². The first kappa shape index (κ1) is 19.9. The molecule has 0 fully saturated rings. The van der Waals surface area contributed by atoms with E-state index in [1.807, 2.05) is 0 Å². The van der Waals surface area contributed by atoms with Crippen molar-refractivity contribution in [2.24, 2.45) is 0 Å². The fourth-order valence-corrected chi connectivity index (χ4v) is 2.28. The summed E-state index contributed by atoms with van der Waals surface area (Å²) < 4.78 is 0. The lowest BCUT2D eigenvalue weighted by Gasteiger charge is -2.02. The number of hydrogen-bond acceptors (Lipinski definition) is 1. The number of nitrogens with one attached hydrogen (secondary N) is 1. The Morgan fingerprint density at radius 1 is 0.905 bits per heavy atom. The molecule has 0 aliphatic rings. The normalized spacial score (nSPS) is 10.9. The first-order valence-electron chi connectivity index (χ1n) is 8.83. The molecule has 1 amide bonds.